The minimum atomic E-state index is 0.505. The van der Waals surface area contributed by atoms with Gasteiger partial charge in [-0.2, -0.15) is 0 Å². The SMILES string of the molecule is C[C@H](c1ccccc1)N1CC[C@H](NCCCc2nc3ccccc3s2)C1. The largest absolute Gasteiger partial charge is 0.313 e. The molecule has 3 aromatic rings. The average molecular weight is 366 g/mol. The normalized spacial score (nSPS) is 19.2. The Balaban J connectivity index is 1.21. The fourth-order valence-corrected chi connectivity index (χ4v) is 4.83. The molecular formula is C22H27N3S. The van der Waals surface area contributed by atoms with Gasteiger partial charge in [0, 0.05) is 31.6 Å². The van der Waals surface area contributed by atoms with Gasteiger partial charge < -0.3 is 5.32 Å². The maximum absolute atomic E-state index is 4.73. The third kappa shape index (κ3) is 4.14. The summed E-state index contributed by atoms with van der Waals surface area (Å²) in [5.41, 5.74) is 2.56. The van der Waals surface area contributed by atoms with Gasteiger partial charge in [0.1, 0.15) is 0 Å². The van der Waals surface area contributed by atoms with Gasteiger partial charge in [0.05, 0.1) is 15.2 Å². The van der Waals surface area contributed by atoms with Gasteiger partial charge in [-0.25, -0.2) is 4.98 Å². The quantitative estimate of drug-likeness (QED) is 0.618. The smallest absolute Gasteiger partial charge is 0.0939 e. The van der Waals surface area contributed by atoms with E-state index in [0.717, 1.165) is 31.4 Å². The highest BCUT2D eigenvalue weighted by Crippen LogP contribution is 2.25. The maximum atomic E-state index is 4.73. The molecule has 2 atom stereocenters. The molecule has 4 rings (SSSR count). The van der Waals surface area contributed by atoms with Crippen LogP contribution >= 0.6 is 11.3 Å². The number of fused-ring (bicyclic) bond motifs is 1. The van der Waals surface area contributed by atoms with Crippen LogP contribution in [0.15, 0.2) is 54.6 Å². The van der Waals surface area contributed by atoms with Crippen molar-refractivity contribution in [3.05, 3.63) is 65.2 Å². The molecule has 1 saturated heterocycles. The number of nitrogens with zero attached hydrogens (tertiary/aromatic N) is 2. The van der Waals surface area contributed by atoms with Crippen molar-refractivity contribution in [2.24, 2.45) is 0 Å². The van der Waals surface area contributed by atoms with Crippen LogP contribution in [0.2, 0.25) is 0 Å². The van der Waals surface area contributed by atoms with E-state index < -0.39 is 0 Å². The Morgan fingerprint density at radius 3 is 2.81 bits per heavy atom. The number of thiazole rings is 1. The van der Waals surface area contributed by atoms with Crippen molar-refractivity contribution in [1.82, 2.24) is 15.2 Å². The van der Waals surface area contributed by atoms with Crippen LogP contribution in [-0.2, 0) is 6.42 Å². The minimum Gasteiger partial charge on any atom is -0.313 e. The number of hydrogen-bond donors (Lipinski definition) is 1. The van der Waals surface area contributed by atoms with Crippen molar-refractivity contribution in [2.75, 3.05) is 19.6 Å². The molecule has 0 bridgehead atoms. The van der Waals surface area contributed by atoms with Gasteiger partial charge in [0.15, 0.2) is 0 Å². The molecule has 1 N–H and O–H groups in total. The van der Waals surface area contributed by atoms with Crippen molar-refractivity contribution in [2.45, 2.75) is 38.3 Å². The van der Waals surface area contributed by atoms with Gasteiger partial charge in [0.2, 0.25) is 0 Å². The number of likely N-dealkylation sites (tertiary alicyclic amines) is 1. The fourth-order valence-electron chi connectivity index (χ4n) is 3.82. The minimum absolute atomic E-state index is 0.505. The zero-order valence-corrected chi connectivity index (χ0v) is 16.2. The van der Waals surface area contributed by atoms with E-state index in [0.29, 0.717) is 12.1 Å². The van der Waals surface area contributed by atoms with Gasteiger partial charge in [0.25, 0.3) is 0 Å². The van der Waals surface area contributed by atoms with E-state index in [1.54, 1.807) is 0 Å². The van der Waals surface area contributed by atoms with Crippen molar-refractivity contribution < 1.29 is 0 Å². The Morgan fingerprint density at radius 1 is 1.15 bits per heavy atom. The summed E-state index contributed by atoms with van der Waals surface area (Å²) in [7, 11) is 0. The predicted octanol–water partition coefficient (Wildman–Crippen LogP) is 4.65. The van der Waals surface area contributed by atoms with E-state index in [1.807, 2.05) is 11.3 Å². The van der Waals surface area contributed by atoms with Crippen molar-refractivity contribution in [1.29, 1.82) is 0 Å². The Morgan fingerprint density at radius 2 is 1.96 bits per heavy atom. The number of rotatable bonds is 7. The number of aromatic nitrogens is 1. The lowest BCUT2D eigenvalue weighted by atomic mass is 10.1. The summed E-state index contributed by atoms with van der Waals surface area (Å²) >= 11 is 1.83. The molecule has 1 aliphatic heterocycles. The van der Waals surface area contributed by atoms with Crippen LogP contribution in [0, 0.1) is 0 Å². The summed E-state index contributed by atoms with van der Waals surface area (Å²) in [6.07, 6.45) is 3.48. The molecule has 1 aliphatic rings. The molecule has 3 nitrogen and oxygen atoms in total. The van der Waals surface area contributed by atoms with Gasteiger partial charge >= 0.3 is 0 Å². The fraction of sp³-hybridized carbons (Fsp3) is 0.409. The molecule has 2 aromatic carbocycles. The summed E-state index contributed by atoms with van der Waals surface area (Å²) < 4.78 is 1.30. The molecular weight excluding hydrogens is 338 g/mol. The number of hydrogen-bond acceptors (Lipinski definition) is 4. The third-order valence-electron chi connectivity index (χ3n) is 5.39. The first kappa shape index (κ1) is 17.7. The third-order valence-corrected chi connectivity index (χ3v) is 6.48. The number of aryl methyl sites for hydroxylation is 1. The molecule has 0 unspecified atom stereocenters. The second-order valence-electron chi connectivity index (χ2n) is 7.20. The standard InChI is InChI=1S/C22H27N3S/c1-17(18-8-3-2-4-9-18)25-15-13-19(16-25)23-14-7-12-22-24-20-10-5-6-11-21(20)26-22/h2-6,8-11,17,19,23H,7,12-16H2,1H3/t17-,19+/m1/s1. The van der Waals surface area contributed by atoms with Crippen LogP contribution in [0.1, 0.15) is 36.4 Å². The Hall–Kier alpha value is -1.75. The highest BCUT2D eigenvalue weighted by Gasteiger charge is 2.26. The van der Waals surface area contributed by atoms with Crippen LogP contribution in [-0.4, -0.2) is 35.6 Å². The lowest BCUT2D eigenvalue weighted by molar-refractivity contribution is 0.255. The highest BCUT2D eigenvalue weighted by molar-refractivity contribution is 7.18. The van der Waals surface area contributed by atoms with E-state index >= 15 is 0 Å². The van der Waals surface area contributed by atoms with E-state index in [1.165, 1.54) is 28.2 Å². The topological polar surface area (TPSA) is 28.2 Å². The number of benzene rings is 2. The Bertz CT molecular complexity index is 797. The van der Waals surface area contributed by atoms with Crippen LogP contribution in [0.4, 0.5) is 0 Å². The van der Waals surface area contributed by atoms with Crippen LogP contribution < -0.4 is 5.32 Å². The van der Waals surface area contributed by atoms with Crippen molar-refractivity contribution >= 4 is 21.6 Å². The first-order chi connectivity index (χ1) is 12.8. The van der Waals surface area contributed by atoms with Crippen molar-refractivity contribution in [3.63, 3.8) is 0 Å². The number of nitrogens with one attached hydrogen (secondary N) is 1. The second-order valence-corrected chi connectivity index (χ2v) is 8.32. The first-order valence-electron chi connectivity index (χ1n) is 9.66. The van der Waals surface area contributed by atoms with Crippen LogP contribution in [0.25, 0.3) is 10.2 Å². The van der Waals surface area contributed by atoms with E-state index in [9.17, 15) is 0 Å². The second kappa shape index (κ2) is 8.30. The van der Waals surface area contributed by atoms with Gasteiger partial charge in [-0.05, 0) is 44.0 Å². The summed E-state index contributed by atoms with van der Waals surface area (Å²) in [6.45, 7) is 5.74. The van der Waals surface area contributed by atoms with Crippen LogP contribution in [0.5, 0.6) is 0 Å². The summed E-state index contributed by atoms with van der Waals surface area (Å²) in [5.74, 6) is 0. The maximum Gasteiger partial charge on any atom is 0.0939 e. The summed E-state index contributed by atoms with van der Waals surface area (Å²) in [5, 5.41) is 5.02. The van der Waals surface area contributed by atoms with Gasteiger partial charge in [-0.1, -0.05) is 42.5 Å². The molecule has 26 heavy (non-hydrogen) atoms. The summed E-state index contributed by atoms with van der Waals surface area (Å²) in [4.78, 5) is 7.33. The molecule has 0 aliphatic carbocycles. The zero-order valence-electron chi connectivity index (χ0n) is 15.4. The molecule has 1 fully saturated rings. The molecule has 136 valence electrons. The number of para-hydroxylation sites is 1. The van der Waals surface area contributed by atoms with E-state index in [4.69, 9.17) is 4.98 Å². The molecule has 0 amide bonds. The Kier molecular flexibility index (Phi) is 5.63. The lowest BCUT2D eigenvalue weighted by Gasteiger charge is -2.24. The molecule has 4 heteroatoms. The average Bonchev–Trinajstić information content (AvgIpc) is 3.32. The van der Waals surface area contributed by atoms with Crippen LogP contribution in [0.3, 0.4) is 0 Å². The van der Waals surface area contributed by atoms with Gasteiger partial charge in [-0.15, -0.1) is 11.3 Å². The lowest BCUT2D eigenvalue weighted by Crippen LogP contribution is -2.34. The molecule has 0 spiro atoms. The molecule has 0 saturated carbocycles. The van der Waals surface area contributed by atoms with E-state index in [2.05, 4.69) is 71.7 Å². The molecule has 0 radical (unpaired) electrons. The Labute approximate surface area is 160 Å². The predicted molar refractivity (Wildman–Crippen MR) is 111 cm³/mol. The molecule has 1 aromatic heterocycles. The van der Waals surface area contributed by atoms with Crippen molar-refractivity contribution in [3.8, 4) is 0 Å². The van der Waals surface area contributed by atoms with E-state index in [-0.39, 0.29) is 0 Å². The first-order valence-corrected chi connectivity index (χ1v) is 10.5. The highest BCUT2D eigenvalue weighted by atomic mass is 32.1. The molecule has 2 heterocycles. The summed E-state index contributed by atoms with van der Waals surface area (Å²) in [6, 6.07) is 20.4. The monoisotopic (exact) mass is 365 g/mol. The van der Waals surface area contributed by atoms with Gasteiger partial charge in [-0.3, -0.25) is 4.90 Å². The zero-order chi connectivity index (χ0) is 17.8.